The third-order valence-electron chi connectivity index (χ3n) is 6.09. The molecule has 2 aliphatic rings. The molecule has 1 N–H and O–H groups in total. The maximum absolute atomic E-state index is 11.9. The molecule has 3 nitrogen and oxygen atoms in total. The largest absolute Gasteiger partial charge is 0.497 e. The van der Waals surface area contributed by atoms with Crippen LogP contribution in [0.3, 0.4) is 0 Å². The average molecular weight is 303 g/mol. The van der Waals surface area contributed by atoms with Crippen molar-refractivity contribution in [2.75, 3.05) is 27.2 Å². The van der Waals surface area contributed by atoms with Gasteiger partial charge >= 0.3 is 0 Å². The van der Waals surface area contributed by atoms with E-state index in [4.69, 9.17) is 4.74 Å². The number of benzene rings is 1. The Morgan fingerprint density at radius 1 is 1.23 bits per heavy atom. The van der Waals surface area contributed by atoms with Crippen LogP contribution in [0.25, 0.3) is 0 Å². The van der Waals surface area contributed by atoms with Crippen molar-refractivity contribution in [1.29, 1.82) is 0 Å². The Bertz CT molecular complexity index is 546. The molecule has 1 aliphatic heterocycles. The minimum absolute atomic E-state index is 0.104. The standard InChI is InChI=1S/C19H29NO2/c1-18(2)10-7-14-5-6-16(22-4)13-17(14)19(18,21)15-8-11-20(3)12-9-15/h5-6,13,15,21H,7-12H2,1-4H3. The molecule has 122 valence electrons. The van der Waals surface area contributed by atoms with Crippen LogP contribution in [-0.4, -0.2) is 37.3 Å². The van der Waals surface area contributed by atoms with E-state index in [-0.39, 0.29) is 5.41 Å². The van der Waals surface area contributed by atoms with E-state index in [1.54, 1.807) is 7.11 Å². The Morgan fingerprint density at radius 3 is 2.55 bits per heavy atom. The van der Waals surface area contributed by atoms with Crippen molar-refractivity contribution in [3.63, 3.8) is 0 Å². The number of fused-ring (bicyclic) bond motifs is 1. The van der Waals surface area contributed by atoms with Gasteiger partial charge in [-0.25, -0.2) is 0 Å². The van der Waals surface area contributed by atoms with E-state index in [0.29, 0.717) is 5.92 Å². The first-order chi connectivity index (χ1) is 10.4. The maximum Gasteiger partial charge on any atom is 0.119 e. The van der Waals surface area contributed by atoms with Crippen molar-refractivity contribution in [3.05, 3.63) is 29.3 Å². The first-order valence-electron chi connectivity index (χ1n) is 8.47. The lowest BCUT2D eigenvalue weighted by Gasteiger charge is -2.53. The summed E-state index contributed by atoms with van der Waals surface area (Å²) in [5.74, 6) is 1.17. The van der Waals surface area contributed by atoms with Crippen molar-refractivity contribution >= 4 is 0 Å². The number of likely N-dealkylation sites (tertiary alicyclic amines) is 1. The molecule has 1 aromatic rings. The zero-order chi connectivity index (χ0) is 16.0. The number of piperidine rings is 1. The second-order valence-electron chi connectivity index (χ2n) is 7.75. The number of aliphatic hydroxyl groups is 1. The number of aryl methyl sites for hydroxylation is 1. The van der Waals surface area contributed by atoms with Crippen LogP contribution in [0.15, 0.2) is 18.2 Å². The summed E-state index contributed by atoms with van der Waals surface area (Å²) >= 11 is 0. The lowest BCUT2D eigenvalue weighted by molar-refractivity contribution is -0.142. The lowest BCUT2D eigenvalue weighted by atomic mass is 9.56. The van der Waals surface area contributed by atoms with Crippen LogP contribution in [-0.2, 0) is 12.0 Å². The number of rotatable bonds is 2. The average Bonchev–Trinajstić information content (AvgIpc) is 2.51. The highest BCUT2D eigenvalue weighted by atomic mass is 16.5. The predicted octanol–water partition coefficient (Wildman–Crippen LogP) is 3.20. The molecular weight excluding hydrogens is 274 g/mol. The number of ether oxygens (including phenoxy) is 1. The summed E-state index contributed by atoms with van der Waals surface area (Å²) in [6.45, 7) is 6.60. The molecule has 0 bridgehead atoms. The minimum atomic E-state index is -0.754. The van der Waals surface area contributed by atoms with Gasteiger partial charge in [0.1, 0.15) is 5.75 Å². The van der Waals surface area contributed by atoms with Gasteiger partial charge in [0.05, 0.1) is 12.7 Å². The first-order valence-corrected chi connectivity index (χ1v) is 8.47. The first kappa shape index (κ1) is 15.8. The molecule has 22 heavy (non-hydrogen) atoms. The molecule has 0 amide bonds. The highest BCUT2D eigenvalue weighted by Gasteiger charge is 2.53. The topological polar surface area (TPSA) is 32.7 Å². The highest BCUT2D eigenvalue weighted by molar-refractivity contribution is 5.43. The monoisotopic (exact) mass is 303 g/mol. The zero-order valence-corrected chi connectivity index (χ0v) is 14.4. The number of hydrogen-bond acceptors (Lipinski definition) is 3. The maximum atomic E-state index is 11.9. The minimum Gasteiger partial charge on any atom is -0.497 e. The summed E-state index contributed by atoms with van der Waals surface area (Å²) in [6.07, 6.45) is 4.20. The zero-order valence-electron chi connectivity index (χ0n) is 14.4. The molecule has 3 heteroatoms. The molecular formula is C19H29NO2. The van der Waals surface area contributed by atoms with Crippen LogP contribution >= 0.6 is 0 Å². The number of nitrogens with zero attached hydrogens (tertiary/aromatic N) is 1. The van der Waals surface area contributed by atoms with Crippen LogP contribution < -0.4 is 4.74 Å². The fourth-order valence-electron chi connectivity index (χ4n) is 4.46. The summed E-state index contributed by atoms with van der Waals surface area (Å²) in [6, 6.07) is 6.24. The summed E-state index contributed by atoms with van der Waals surface area (Å²) < 4.78 is 5.43. The molecule has 1 saturated heterocycles. The molecule has 0 aromatic heterocycles. The van der Waals surface area contributed by atoms with Gasteiger partial charge in [0.15, 0.2) is 0 Å². The van der Waals surface area contributed by atoms with Crippen LogP contribution in [0.4, 0.5) is 0 Å². The third kappa shape index (κ3) is 2.35. The normalized spacial score (nSPS) is 29.1. The molecule has 1 aromatic carbocycles. The molecule has 1 heterocycles. The summed E-state index contributed by atoms with van der Waals surface area (Å²) in [5, 5.41) is 11.9. The predicted molar refractivity (Wildman–Crippen MR) is 89.2 cm³/mol. The van der Waals surface area contributed by atoms with E-state index in [1.165, 1.54) is 5.56 Å². The second-order valence-corrected chi connectivity index (χ2v) is 7.75. The Balaban J connectivity index is 2.07. The van der Waals surface area contributed by atoms with Gasteiger partial charge in [-0.3, -0.25) is 0 Å². The van der Waals surface area contributed by atoms with Crippen LogP contribution in [0.5, 0.6) is 5.75 Å². The fourth-order valence-corrected chi connectivity index (χ4v) is 4.46. The molecule has 0 saturated carbocycles. The Kier molecular flexibility index (Phi) is 3.98. The second kappa shape index (κ2) is 5.54. The molecule has 1 fully saturated rings. The highest BCUT2D eigenvalue weighted by Crippen LogP contribution is 2.55. The van der Waals surface area contributed by atoms with E-state index in [0.717, 1.165) is 50.1 Å². The van der Waals surface area contributed by atoms with Gasteiger partial charge in [-0.2, -0.15) is 0 Å². The smallest absolute Gasteiger partial charge is 0.119 e. The number of hydrogen-bond donors (Lipinski definition) is 1. The fraction of sp³-hybridized carbons (Fsp3) is 0.684. The Labute approximate surface area is 134 Å². The summed E-state index contributed by atoms with van der Waals surface area (Å²) in [4.78, 5) is 2.36. The van der Waals surface area contributed by atoms with Gasteiger partial charge in [-0.15, -0.1) is 0 Å². The van der Waals surface area contributed by atoms with Gasteiger partial charge in [0.25, 0.3) is 0 Å². The van der Waals surface area contributed by atoms with Crippen molar-refractivity contribution in [2.24, 2.45) is 11.3 Å². The van der Waals surface area contributed by atoms with Crippen LogP contribution in [0.1, 0.15) is 44.2 Å². The summed E-state index contributed by atoms with van der Waals surface area (Å²) in [5.41, 5.74) is 1.54. The van der Waals surface area contributed by atoms with E-state index in [9.17, 15) is 5.11 Å². The van der Waals surface area contributed by atoms with E-state index in [2.05, 4.69) is 37.9 Å². The Morgan fingerprint density at radius 2 is 1.91 bits per heavy atom. The van der Waals surface area contributed by atoms with Crippen molar-refractivity contribution in [1.82, 2.24) is 4.90 Å². The molecule has 0 radical (unpaired) electrons. The van der Waals surface area contributed by atoms with Crippen LogP contribution in [0.2, 0.25) is 0 Å². The molecule has 1 aliphatic carbocycles. The van der Waals surface area contributed by atoms with Gasteiger partial charge in [-0.05, 0) is 80.4 Å². The van der Waals surface area contributed by atoms with Gasteiger partial charge < -0.3 is 14.7 Å². The van der Waals surface area contributed by atoms with Crippen LogP contribution in [0, 0.1) is 11.3 Å². The third-order valence-corrected chi connectivity index (χ3v) is 6.09. The SMILES string of the molecule is COc1ccc2c(c1)C(O)(C1CCN(C)CC1)C(C)(C)CC2. The summed E-state index contributed by atoms with van der Waals surface area (Å²) in [7, 11) is 3.87. The van der Waals surface area contributed by atoms with E-state index < -0.39 is 5.60 Å². The van der Waals surface area contributed by atoms with Gasteiger partial charge in [0, 0.05) is 0 Å². The number of methoxy groups -OCH3 is 1. The van der Waals surface area contributed by atoms with Crippen molar-refractivity contribution in [2.45, 2.75) is 45.1 Å². The molecule has 1 atom stereocenters. The van der Waals surface area contributed by atoms with Gasteiger partial charge in [-0.1, -0.05) is 19.9 Å². The van der Waals surface area contributed by atoms with Crippen molar-refractivity contribution < 1.29 is 9.84 Å². The van der Waals surface area contributed by atoms with Crippen molar-refractivity contribution in [3.8, 4) is 5.75 Å². The van der Waals surface area contributed by atoms with E-state index >= 15 is 0 Å². The molecule has 3 rings (SSSR count). The quantitative estimate of drug-likeness (QED) is 0.911. The van der Waals surface area contributed by atoms with Gasteiger partial charge in [0.2, 0.25) is 0 Å². The van der Waals surface area contributed by atoms with E-state index in [1.807, 2.05) is 6.07 Å². The molecule has 0 spiro atoms. The Hall–Kier alpha value is -1.06. The lowest BCUT2D eigenvalue weighted by Crippen LogP contribution is -2.53. The molecule has 1 unspecified atom stereocenters.